The van der Waals surface area contributed by atoms with Crippen molar-refractivity contribution in [3.63, 3.8) is 0 Å². The first-order chi connectivity index (χ1) is 4.48. The molecule has 0 radical (unpaired) electrons. The molecule has 7 heteroatoms. The third-order valence-corrected chi connectivity index (χ3v) is 1.83. The van der Waals surface area contributed by atoms with E-state index >= 15 is 0 Å². The number of rotatable bonds is 4. The minimum Gasteiger partial charge on any atom is -0.481 e. The molecule has 0 aliphatic heterocycles. The Morgan fingerprint density at radius 1 is 1.70 bits per heavy atom. The van der Waals surface area contributed by atoms with Crippen molar-refractivity contribution in [1.82, 2.24) is 0 Å². The summed E-state index contributed by atoms with van der Waals surface area (Å²) in [6.07, 6.45) is -0.913. The van der Waals surface area contributed by atoms with Crippen LogP contribution in [0.1, 0.15) is 0 Å². The monoisotopic (exact) mass is 169 g/mol. The Labute approximate surface area is 57.1 Å². The highest BCUT2D eigenvalue weighted by Gasteiger charge is 2.22. The van der Waals surface area contributed by atoms with Gasteiger partial charge in [0.05, 0.1) is 0 Å². The quantitative estimate of drug-likeness (QED) is 0.375. The molecule has 0 saturated carbocycles. The molecule has 4 N–H and O–H groups in total. The lowest BCUT2D eigenvalue weighted by atomic mass is 10.8. The van der Waals surface area contributed by atoms with Gasteiger partial charge in [-0.15, -0.1) is 0 Å². The molecule has 0 heterocycles. The number of carboxylic acids is 1. The largest absolute Gasteiger partial charge is 0.481 e. The van der Waals surface area contributed by atoms with Gasteiger partial charge in [0.1, 0.15) is 12.9 Å². The zero-order valence-electron chi connectivity index (χ0n) is 5.06. The minimum atomic E-state index is -3.97. The van der Waals surface area contributed by atoms with E-state index in [1.54, 1.807) is 0 Å². The summed E-state index contributed by atoms with van der Waals surface area (Å²) in [5.41, 5.74) is 4.74. The van der Waals surface area contributed by atoms with E-state index in [0.29, 0.717) is 0 Å². The van der Waals surface area contributed by atoms with Crippen LogP contribution in [-0.4, -0.2) is 28.9 Å². The van der Waals surface area contributed by atoms with E-state index in [0.717, 1.165) is 0 Å². The van der Waals surface area contributed by atoms with Crippen molar-refractivity contribution in [2.24, 2.45) is 5.73 Å². The third kappa shape index (κ3) is 4.46. The highest BCUT2D eigenvalue weighted by molar-refractivity contribution is 7.53. The molecule has 0 saturated heterocycles. The molecule has 1 atom stereocenters. The molecule has 0 aromatic carbocycles. The molecule has 10 heavy (non-hydrogen) atoms. The van der Waals surface area contributed by atoms with Crippen molar-refractivity contribution in [3.8, 4) is 0 Å². The van der Waals surface area contributed by atoms with Crippen LogP contribution in [0.5, 0.6) is 0 Å². The second-order valence-corrected chi connectivity index (χ2v) is 3.33. The summed E-state index contributed by atoms with van der Waals surface area (Å²) in [5.74, 6) is -1.39. The van der Waals surface area contributed by atoms with Crippen LogP contribution in [0, 0.1) is 0 Å². The van der Waals surface area contributed by atoms with Gasteiger partial charge in [0.25, 0.3) is 0 Å². The van der Waals surface area contributed by atoms with Crippen molar-refractivity contribution in [1.29, 1.82) is 0 Å². The van der Waals surface area contributed by atoms with Gasteiger partial charge in [-0.1, -0.05) is 0 Å². The van der Waals surface area contributed by atoms with Crippen LogP contribution in [0.25, 0.3) is 0 Å². The summed E-state index contributed by atoms with van der Waals surface area (Å²) in [7, 11) is -3.97. The van der Waals surface area contributed by atoms with Crippen molar-refractivity contribution in [2.75, 3.05) is 12.9 Å². The molecule has 0 aromatic heterocycles. The maximum absolute atomic E-state index is 10.5. The second-order valence-electron chi connectivity index (χ2n) is 1.49. The molecule has 0 fully saturated rings. The summed E-state index contributed by atoms with van der Waals surface area (Å²) in [6, 6.07) is 0. The topological polar surface area (TPSA) is 110 Å². The maximum Gasteiger partial charge on any atom is 0.340 e. The minimum absolute atomic E-state index is 0.457. The fourth-order valence-corrected chi connectivity index (χ4v) is 0.999. The van der Waals surface area contributed by atoms with E-state index < -0.39 is 26.5 Å². The molecule has 0 aromatic rings. The van der Waals surface area contributed by atoms with E-state index in [1.165, 1.54) is 0 Å². The number of aliphatic carboxylic acids is 1. The zero-order chi connectivity index (χ0) is 8.20. The van der Waals surface area contributed by atoms with Crippen LogP contribution < -0.4 is 5.73 Å². The first-order valence-corrected chi connectivity index (χ1v) is 4.12. The Morgan fingerprint density at radius 3 is 2.50 bits per heavy atom. The lowest BCUT2D eigenvalue weighted by Gasteiger charge is -2.05. The lowest BCUT2D eigenvalue weighted by Crippen LogP contribution is -2.09. The van der Waals surface area contributed by atoms with E-state index in [9.17, 15) is 9.36 Å². The Hall–Kier alpha value is -0.420. The zero-order valence-corrected chi connectivity index (χ0v) is 5.95. The van der Waals surface area contributed by atoms with E-state index in [2.05, 4.69) is 4.52 Å². The van der Waals surface area contributed by atoms with Gasteiger partial charge in [-0.3, -0.25) is 13.9 Å². The number of carbonyl (C=O) groups is 1. The summed E-state index contributed by atoms with van der Waals surface area (Å²) in [4.78, 5) is 18.4. The van der Waals surface area contributed by atoms with Crippen LogP contribution in [-0.2, 0) is 13.9 Å². The normalized spacial score (nSPS) is 16.2. The smallest absolute Gasteiger partial charge is 0.340 e. The van der Waals surface area contributed by atoms with Crippen LogP contribution in [0.2, 0.25) is 0 Å². The molecule has 60 valence electrons. The van der Waals surface area contributed by atoms with Gasteiger partial charge in [0.2, 0.25) is 0 Å². The third-order valence-electron chi connectivity index (χ3n) is 0.611. The van der Waals surface area contributed by atoms with Gasteiger partial charge in [-0.25, -0.2) is 0 Å². The number of carboxylic acid groups (broad SMARTS) is 1. The summed E-state index contributed by atoms with van der Waals surface area (Å²) in [5, 5.41) is 8.02. The van der Waals surface area contributed by atoms with Gasteiger partial charge in [0.15, 0.2) is 0 Å². The van der Waals surface area contributed by atoms with E-state index in [4.69, 9.17) is 15.7 Å². The Balaban J connectivity index is 3.87. The van der Waals surface area contributed by atoms with Crippen molar-refractivity contribution in [2.45, 2.75) is 0 Å². The molecule has 0 aliphatic carbocycles. The number of hydrogen-bond acceptors (Lipinski definition) is 4. The van der Waals surface area contributed by atoms with Gasteiger partial charge >= 0.3 is 13.6 Å². The highest BCUT2D eigenvalue weighted by atomic mass is 31.2. The maximum atomic E-state index is 10.5. The lowest BCUT2D eigenvalue weighted by molar-refractivity contribution is -0.134. The molecular formula is C3H8NO5P. The van der Waals surface area contributed by atoms with Crippen LogP contribution in [0.4, 0.5) is 0 Å². The summed E-state index contributed by atoms with van der Waals surface area (Å²) in [6.45, 7) is -0.457. The first-order valence-electron chi connectivity index (χ1n) is 2.36. The highest BCUT2D eigenvalue weighted by Crippen LogP contribution is 2.40. The fraction of sp³-hybridized carbons (Fsp3) is 0.667. The average molecular weight is 169 g/mol. The molecule has 1 unspecified atom stereocenters. The fourth-order valence-electron chi connectivity index (χ4n) is 0.333. The molecular weight excluding hydrogens is 161 g/mol. The number of hydrogen-bond donors (Lipinski definition) is 3. The SMILES string of the molecule is NCOP(=O)(O)CC(=O)O. The Kier molecular flexibility index (Phi) is 3.52. The summed E-state index contributed by atoms with van der Waals surface area (Å²) < 4.78 is 14.5. The molecule has 0 aliphatic rings. The Morgan fingerprint density at radius 2 is 2.20 bits per heavy atom. The molecule has 0 spiro atoms. The second kappa shape index (κ2) is 3.68. The first kappa shape index (κ1) is 9.58. The average Bonchev–Trinajstić information content (AvgIpc) is 1.59. The van der Waals surface area contributed by atoms with Gasteiger partial charge in [0, 0.05) is 0 Å². The van der Waals surface area contributed by atoms with E-state index in [-0.39, 0.29) is 0 Å². The molecule has 0 amide bonds. The van der Waals surface area contributed by atoms with E-state index in [1.807, 2.05) is 0 Å². The van der Waals surface area contributed by atoms with Crippen LogP contribution >= 0.6 is 7.60 Å². The predicted octanol–water partition coefficient (Wildman–Crippen LogP) is -0.811. The van der Waals surface area contributed by atoms with Crippen molar-refractivity contribution >= 4 is 13.6 Å². The summed E-state index contributed by atoms with van der Waals surface area (Å²) >= 11 is 0. The van der Waals surface area contributed by atoms with Crippen molar-refractivity contribution < 1.29 is 23.9 Å². The Bertz CT molecular complexity index is 168. The van der Waals surface area contributed by atoms with Crippen LogP contribution in [0.15, 0.2) is 0 Å². The predicted molar refractivity (Wildman–Crippen MR) is 32.5 cm³/mol. The van der Waals surface area contributed by atoms with Gasteiger partial charge in [-0.05, 0) is 0 Å². The van der Waals surface area contributed by atoms with Gasteiger partial charge in [-0.2, -0.15) is 0 Å². The number of nitrogens with two attached hydrogens (primary N) is 1. The van der Waals surface area contributed by atoms with Crippen LogP contribution in [0.3, 0.4) is 0 Å². The molecule has 0 rings (SSSR count). The van der Waals surface area contributed by atoms with Gasteiger partial charge < -0.3 is 15.7 Å². The molecule has 0 bridgehead atoms. The van der Waals surface area contributed by atoms with Crippen molar-refractivity contribution in [3.05, 3.63) is 0 Å². The molecule has 6 nitrogen and oxygen atoms in total. The standard InChI is InChI=1S/C3H8NO5P/c4-2-9-10(7,8)1-3(5)6/h1-2,4H2,(H,5,6)(H,7,8).